The predicted octanol–water partition coefficient (Wildman–Crippen LogP) is -0.188. The highest BCUT2D eigenvalue weighted by atomic mass is 16.5. The molecule has 2 N–H and O–H groups in total. The van der Waals surface area contributed by atoms with Crippen molar-refractivity contribution in [1.29, 1.82) is 0 Å². The first-order valence-electron chi connectivity index (χ1n) is 7.25. The molecule has 2 saturated heterocycles. The van der Waals surface area contributed by atoms with Crippen molar-refractivity contribution in [1.82, 2.24) is 20.8 Å². The summed E-state index contributed by atoms with van der Waals surface area (Å²) < 4.78 is 10.9. The monoisotopic (exact) mass is 280 g/mol. The zero-order valence-corrected chi connectivity index (χ0v) is 11.4. The van der Waals surface area contributed by atoms with E-state index in [1.807, 2.05) is 0 Å². The van der Waals surface area contributed by atoms with Gasteiger partial charge in [-0.25, -0.2) is 0 Å². The summed E-state index contributed by atoms with van der Waals surface area (Å²) >= 11 is 0. The summed E-state index contributed by atoms with van der Waals surface area (Å²) in [6, 6.07) is -0.275. The summed E-state index contributed by atoms with van der Waals surface area (Å²) in [6.45, 7) is 2.26. The van der Waals surface area contributed by atoms with Crippen molar-refractivity contribution in [2.75, 3.05) is 19.7 Å². The number of carbonyl (C=O) groups is 1. The molecular formula is C13H20N4O3. The third-order valence-corrected chi connectivity index (χ3v) is 3.70. The van der Waals surface area contributed by atoms with Gasteiger partial charge in [-0.3, -0.25) is 4.79 Å². The Morgan fingerprint density at radius 3 is 3.00 bits per heavy atom. The standard InChI is InChI=1S/C13H20N4O3/c18-13-10(14-4-5-15-13)8-12-16-11(17-20-12)7-9-3-1-2-6-19-9/h9-10,14H,1-8H2,(H,15,18). The van der Waals surface area contributed by atoms with Gasteiger partial charge in [-0.05, 0) is 19.3 Å². The largest absolute Gasteiger partial charge is 0.378 e. The number of carbonyl (C=O) groups excluding carboxylic acids is 1. The van der Waals surface area contributed by atoms with Crippen molar-refractivity contribution in [3.63, 3.8) is 0 Å². The lowest BCUT2D eigenvalue weighted by atomic mass is 10.1. The highest BCUT2D eigenvalue weighted by Crippen LogP contribution is 2.16. The predicted molar refractivity (Wildman–Crippen MR) is 70.1 cm³/mol. The summed E-state index contributed by atoms with van der Waals surface area (Å²) in [5.41, 5.74) is 0. The Morgan fingerprint density at radius 1 is 1.25 bits per heavy atom. The van der Waals surface area contributed by atoms with Crippen LogP contribution in [0.2, 0.25) is 0 Å². The van der Waals surface area contributed by atoms with E-state index < -0.39 is 0 Å². The Labute approximate surface area is 117 Å². The molecule has 1 aromatic rings. The summed E-state index contributed by atoms with van der Waals surface area (Å²) in [5.74, 6) is 1.17. The molecule has 2 unspecified atom stereocenters. The number of nitrogens with one attached hydrogen (secondary N) is 2. The van der Waals surface area contributed by atoms with Gasteiger partial charge < -0.3 is 19.9 Å². The summed E-state index contributed by atoms with van der Waals surface area (Å²) in [4.78, 5) is 16.0. The lowest BCUT2D eigenvalue weighted by Gasteiger charge is -2.22. The maximum atomic E-state index is 11.6. The van der Waals surface area contributed by atoms with Gasteiger partial charge in [-0.2, -0.15) is 4.98 Å². The van der Waals surface area contributed by atoms with Crippen molar-refractivity contribution in [2.45, 2.75) is 44.2 Å². The van der Waals surface area contributed by atoms with Gasteiger partial charge in [0.2, 0.25) is 11.8 Å². The average molecular weight is 280 g/mol. The maximum Gasteiger partial charge on any atom is 0.237 e. The minimum Gasteiger partial charge on any atom is -0.378 e. The highest BCUT2D eigenvalue weighted by molar-refractivity contribution is 5.82. The van der Waals surface area contributed by atoms with Crippen LogP contribution in [0.5, 0.6) is 0 Å². The van der Waals surface area contributed by atoms with Crippen LogP contribution in [0.25, 0.3) is 0 Å². The molecule has 0 aliphatic carbocycles. The SMILES string of the molecule is O=C1NCCNC1Cc1nc(CC2CCCCO2)no1. The van der Waals surface area contributed by atoms with Gasteiger partial charge >= 0.3 is 0 Å². The average Bonchev–Trinajstić information content (AvgIpc) is 2.90. The third-order valence-electron chi connectivity index (χ3n) is 3.70. The molecule has 7 heteroatoms. The van der Waals surface area contributed by atoms with Gasteiger partial charge in [0.25, 0.3) is 0 Å². The Hall–Kier alpha value is -1.47. The molecule has 1 aromatic heterocycles. The van der Waals surface area contributed by atoms with E-state index in [-0.39, 0.29) is 18.1 Å². The number of hydrogen-bond acceptors (Lipinski definition) is 6. The molecular weight excluding hydrogens is 260 g/mol. The summed E-state index contributed by atoms with van der Waals surface area (Å²) in [5, 5.41) is 9.93. The fourth-order valence-corrected chi connectivity index (χ4v) is 2.62. The van der Waals surface area contributed by atoms with Crippen LogP contribution >= 0.6 is 0 Å². The Morgan fingerprint density at radius 2 is 2.20 bits per heavy atom. The normalized spacial score (nSPS) is 27.3. The Balaban J connectivity index is 1.54. The number of aromatic nitrogens is 2. The molecule has 0 saturated carbocycles. The van der Waals surface area contributed by atoms with E-state index in [0.29, 0.717) is 31.1 Å². The highest BCUT2D eigenvalue weighted by Gasteiger charge is 2.24. The lowest BCUT2D eigenvalue weighted by molar-refractivity contribution is -0.124. The summed E-state index contributed by atoms with van der Waals surface area (Å²) in [6.07, 6.45) is 4.71. The number of nitrogens with zero attached hydrogens (tertiary/aromatic N) is 2. The van der Waals surface area contributed by atoms with E-state index in [1.165, 1.54) is 6.42 Å². The first-order chi connectivity index (χ1) is 9.81. The molecule has 2 aliphatic heterocycles. The zero-order chi connectivity index (χ0) is 13.8. The minimum atomic E-state index is -0.275. The van der Waals surface area contributed by atoms with Crippen molar-refractivity contribution in [2.24, 2.45) is 0 Å². The van der Waals surface area contributed by atoms with Gasteiger partial charge in [0.1, 0.15) is 0 Å². The second kappa shape index (κ2) is 6.32. The Kier molecular flexibility index (Phi) is 4.27. The minimum absolute atomic E-state index is 0.00776. The van der Waals surface area contributed by atoms with Crippen LogP contribution < -0.4 is 10.6 Å². The van der Waals surface area contributed by atoms with Crippen LogP contribution in [0.1, 0.15) is 31.0 Å². The van der Waals surface area contributed by atoms with Crippen LogP contribution in [0, 0.1) is 0 Å². The third kappa shape index (κ3) is 3.34. The second-order valence-corrected chi connectivity index (χ2v) is 5.30. The number of piperazine rings is 1. The van der Waals surface area contributed by atoms with Gasteiger partial charge in [-0.15, -0.1) is 0 Å². The van der Waals surface area contributed by atoms with Crippen LogP contribution in [0.15, 0.2) is 4.52 Å². The fourth-order valence-electron chi connectivity index (χ4n) is 2.62. The molecule has 3 rings (SSSR count). The zero-order valence-electron chi connectivity index (χ0n) is 11.4. The first kappa shape index (κ1) is 13.5. The second-order valence-electron chi connectivity index (χ2n) is 5.30. The van der Waals surface area contributed by atoms with Crippen molar-refractivity contribution >= 4 is 5.91 Å². The molecule has 2 fully saturated rings. The van der Waals surface area contributed by atoms with E-state index >= 15 is 0 Å². The smallest absolute Gasteiger partial charge is 0.237 e. The van der Waals surface area contributed by atoms with Crippen LogP contribution in [-0.4, -0.2) is 47.9 Å². The number of amides is 1. The van der Waals surface area contributed by atoms with Crippen molar-refractivity contribution in [3.05, 3.63) is 11.7 Å². The fraction of sp³-hybridized carbons (Fsp3) is 0.769. The number of ether oxygens (including phenoxy) is 1. The van der Waals surface area contributed by atoms with E-state index in [2.05, 4.69) is 20.8 Å². The van der Waals surface area contributed by atoms with Gasteiger partial charge in [0.15, 0.2) is 5.82 Å². The first-order valence-corrected chi connectivity index (χ1v) is 7.25. The number of hydrogen-bond donors (Lipinski definition) is 2. The molecule has 1 amide bonds. The van der Waals surface area contributed by atoms with E-state index in [4.69, 9.17) is 9.26 Å². The lowest BCUT2D eigenvalue weighted by Crippen LogP contribution is -2.53. The van der Waals surface area contributed by atoms with Gasteiger partial charge in [0, 0.05) is 26.1 Å². The molecule has 0 aromatic carbocycles. The molecule has 3 heterocycles. The van der Waals surface area contributed by atoms with E-state index in [9.17, 15) is 4.79 Å². The molecule has 0 spiro atoms. The molecule has 2 aliphatic rings. The van der Waals surface area contributed by atoms with Gasteiger partial charge in [-0.1, -0.05) is 5.16 Å². The molecule has 0 radical (unpaired) electrons. The quantitative estimate of drug-likeness (QED) is 0.795. The van der Waals surface area contributed by atoms with Crippen LogP contribution in [0.3, 0.4) is 0 Å². The van der Waals surface area contributed by atoms with Crippen LogP contribution in [0.4, 0.5) is 0 Å². The Bertz CT molecular complexity index is 456. The molecule has 110 valence electrons. The van der Waals surface area contributed by atoms with Crippen LogP contribution in [-0.2, 0) is 22.4 Å². The summed E-state index contributed by atoms with van der Waals surface area (Å²) in [7, 11) is 0. The van der Waals surface area contributed by atoms with Crippen molar-refractivity contribution in [3.8, 4) is 0 Å². The van der Waals surface area contributed by atoms with Gasteiger partial charge in [0.05, 0.1) is 18.6 Å². The maximum absolute atomic E-state index is 11.6. The molecule has 2 atom stereocenters. The van der Waals surface area contributed by atoms with E-state index in [1.54, 1.807) is 0 Å². The topological polar surface area (TPSA) is 89.3 Å². The van der Waals surface area contributed by atoms with Crippen molar-refractivity contribution < 1.29 is 14.1 Å². The van der Waals surface area contributed by atoms with E-state index in [0.717, 1.165) is 26.0 Å². The number of rotatable bonds is 4. The molecule has 7 nitrogen and oxygen atoms in total. The molecule has 0 bridgehead atoms. The molecule has 20 heavy (non-hydrogen) atoms.